The van der Waals surface area contributed by atoms with Crippen LogP contribution in [-0.4, -0.2) is 35.8 Å². The zero-order valence-electron chi connectivity index (χ0n) is 16.0. The molecule has 1 fully saturated rings. The Morgan fingerprint density at radius 3 is 2.62 bits per heavy atom. The molecule has 2 aromatic carbocycles. The number of imide groups is 1. The number of carbonyl (C=O) groups is 3. The third-order valence-corrected chi connectivity index (χ3v) is 5.57. The van der Waals surface area contributed by atoms with E-state index < -0.39 is 17.5 Å². The predicted molar refractivity (Wildman–Crippen MR) is 106 cm³/mol. The van der Waals surface area contributed by atoms with Crippen LogP contribution in [0, 0.1) is 11.3 Å². The number of anilines is 1. The second-order valence-corrected chi connectivity index (χ2v) is 7.41. The van der Waals surface area contributed by atoms with Crippen LogP contribution in [0.1, 0.15) is 30.0 Å². The summed E-state index contributed by atoms with van der Waals surface area (Å²) in [6.45, 7) is 1.85. The predicted octanol–water partition coefficient (Wildman–Crippen LogP) is 2.30. The second kappa shape index (κ2) is 7.06. The summed E-state index contributed by atoms with van der Waals surface area (Å²) >= 11 is 0. The van der Waals surface area contributed by atoms with Gasteiger partial charge in [-0.3, -0.25) is 14.5 Å². The molecule has 7 nitrogen and oxygen atoms in total. The molecule has 1 unspecified atom stereocenters. The highest BCUT2D eigenvalue weighted by Crippen LogP contribution is 2.30. The molecule has 2 aliphatic rings. The van der Waals surface area contributed by atoms with E-state index in [1.807, 2.05) is 30.3 Å². The van der Waals surface area contributed by atoms with E-state index in [2.05, 4.69) is 5.32 Å². The molecule has 0 radical (unpaired) electrons. The highest BCUT2D eigenvalue weighted by molar-refractivity contribution is 6.10. The molecule has 0 aromatic heterocycles. The molecule has 2 heterocycles. The Balaban J connectivity index is 1.55. The molecule has 0 aliphatic carbocycles. The summed E-state index contributed by atoms with van der Waals surface area (Å²) in [4.78, 5) is 41.2. The molecule has 7 heteroatoms. The minimum Gasteiger partial charge on any atom is -0.319 e. The van der Waals surface area contributed by atoms with Crippen LogP contribution in [0.5, 0.6) is 0 Å². The lowest BCUT2D eigenvalue weighted by Gasteiger charge is -2.30. The van der Waals surface area contributed by atoms with Gasteiger partial charge in [0.2, 0.25) is 5.91 Å². The zero-order chi connectivity index (χ0) is 20.6. The third-order valence-electron chi connectivity index (χ3n) is 5.57. The molecule has 4 rings (SSSR count). The Morgan fingerprint density at radius 1 is 1.17 bits per heavy atom. The van der Waals surface area contributed by atoms with Crippen molar-refractivity contribution < 1.29 is 14.4 Å². The second-order valence-electron chi connectivity index (χ2n) is 7.41. The summed E-state index contributed by atoms with van der Waals surface area (Å²) in [5, 5.41) is 11.6. The molecule has 4 amide bonds. The molecule has 0 bridgehead atoms. The zero-order valence-corrected chi connectivity index (χ0v) is 16.0. The highest BCUT2D eigenvalue weighted by atomic mass is 16.2. The number of para-hydroxylation sites is 1. The fourth-order valence-electron chi connectivity index (χ4n) is 3.93. The van der Waals surface area contributed by atoms with Gasteiger partial charge >= 0.3 is 6.03 Å². The number of aryl methyl sites for hydroxylation is 1. The number of rotatable bonds is 3. The van der Waals surface area contributed by atoms with Crippen LogP contribution in [0.2, 0.25) is 0 Å². The van der Waals surface area contributed by atoms with Gasteiger partial charge < -0.3 is 10.2 Å². The normalized spacial score (nSPS) is 20.8. The number of urea groups is 1. The smallest absolute Gasteiger partial charge is 0.319 e. The van der Waals surface area contributed by atoms with Gasteiger partial charge in [0.25, 0.3) is 5.91 Å². The van der Waals surface area contributed by atoms with E-state index in [0.29, 0.717) is 17.7 Å². The molecule has 2 aliphatic heterocycles. The molecule has 146 valence electrons. The minimum atomic E-state index is -1.27. The number of carbonyl (C=O) groups excluding carboxylic acids is 3. The number of benzene rings is 2. The van der Waals surface area contributed by atoms with Gasteiger partial charge in [-0.2, -0.15) is 5.26 Å². The molecule has 2 aromatic rings. The van der Waals surface area contributed by atoms with Crippen LogP contribution >= 0.6 is 0 Å². The molecule has 0 saturated carbocycles. The maximum absolute atomic E-state index is 13.1. The van der Waals surface area contributed by atoms with Crippen molar-refractivity contribution in [3.05, 3.63) is 65.2 Å². The number of amides is 4. The Morgan fingerprint density at radius 2 is 1.90 bits per heavy atom. The summed E-state index contributed by atoms with van der Waals surface area (Å²) in [5.74, 6) is -0.768. The maximum Gasteiger partial charge on any atom is 0.325 e. The van der Waals surface area contributed by atoms with Crippen molar-refractivity contribution >= 4 is 23.5 Å². The van der Waals surface area contributed by atoms with Gasteiger partial charge in [0.05, 0.1) is 11.6 Å². The van der Waals surface area contributed by atoms with Crippen LogP contribution in [0.3, 0.4) is 0 Å². The topological polar surface area (TPSA) is 93.5 Å². The molecule has 1 saturated heterocycles. The SMILES string of the molecule is CC1(c2ccc(C#N)cc2)NC(=O)N(CC(=O)N2CCCc3ccccc32)C1=O. The van der Waals surface area contributed by atoms with Crippen molar-refractivity contribution in [2.75, 3.05) is 18.0 Å². The fraction of sp³-hybridized carbons (Fsp3) is 0.273. The van der Waals surface area contributed by atoms with Crippen LogP contribution in [0.25, 0.3) is 0 Å². The monoisotopic (exact) mass is 388 g/mol. The lowest BCUT2D eigenvalue weighted by atomic mass is 9.91. The van der Waals surface area contributed by atoms with Crippen molar-refractivity contribution in [2.45, 2.75) is 25.3 Å². The van der Waals surface area contributed by atoms with Crippen molar-refractivity contribution in [2.24, 2.45) is 0 Å². The summed E-state index contributed by atoms with van der Waals surface area (Å²) in [7, 11) is 0. The van der Waals surface area contributed by atoms with Gasteiger partial charge in [0.1, 0.15) is 12.1 Å². The first-order chi connectivity index (χ1) is 13.9. The first kappa shape index (κ1) is 18.7. The first-order valence-electron chi connectivity index (χ1n) is 9.47. The molecular weight excluding hydrogens is 368 g/mol. The Labute approximate surface area is 168 Å². The Bertz CT molecular complexity index is 1040. The fourth-order valence-corrected chi connectivity index (χ4v) is 3.93. The van der Waals surface area contributed by atoms with Crippen molar-refractivity contribution in [3.8, 4) is 6.07 Å². The van der Waals surface area contributed by atoms with E-state index in [1.165, 1.54) is 0 Å². The van der Waals surface area contributed by atoms with Gasteiger partial charge in [-0.15, -0.1) is 0 Å². The van der Waals surface area contributed by atoms with E-state index in [1.54, 1.807) is 36.1 Å². The highest BCUT2D eigenvalue weighted by Gasteiger charge is 2.49. The number of fused-ring (bicyclic) bond motifs is 1. The molecule has 0 spiro atoms. The van der Waals surface area contributed by atoms with Gasteiger partial charge in [0, 0.05) is 12.2 Å². The average Bonchev–Trinajstić information content (AvgIpc) is 2.97. The number of hydrogen-bond donors (Lipinski definition) is 1. The van der Waals surface area contributed by atoms with Gasteiger partial charge in [-0.25, -0.2) is 4.79 Å². The van der Waals surface area contributed by atoms with E-state index in [4.69, 9.17) is 5.26 Å². The van der Waals surface area contributed by atoms with E-state index in [0.717, 1.165) is 29.0 Å². The molecule has 29 heavy (non-hydrogen) atoms. The Hall–Kier alpha value is -3.66. The molecule has 1 atom stereocenters. The quantitative estimate of drug-likeness (QED) is 0.817. The van der Waals surface area contributed by atoms with Gasteiger partial charge in [-0.05, 0) is 49.1 Å². The lowest BCUT2D eigenvalue weighted by molar-refractivity contribution is -0.134. The number of nitriles is 1. The summed E-state index contributed by atoms with van der Waals surface area (Å²) in [5.41, 5.74) is 1.68. The summed E-state index contributed by atoms with van der Waals surface area (Å²) in [6, 6.07) is 15.6. The van der Waals surface area contributed by atoms with Crippen LogP contribution in [0.4, 0.5) is 10.5 Å². The summed E-state index contributed by atoms with van der Waals surface area (Å²) < 4.78 is 0. The minimum absolute atomic E-state index is 0.287. The standard InChI is InChI=1S/C22H20N4O3/c1-22(17-10-8-15(13-23)9-11-17)20(28)26(21(29)24-22)14-19(27)25-12-4-6-16-5-2-3-7-18(16)25/h2-3,5,7-11H,4,6,12,14H2,1H3,(H,24,29). The van der Waals surface area contributed by atoms with E-state index in [-0.39, 0.29) is 12.5 Å². The summed E-state index contributed by atoms with van der Waals surface area (Å²) in [6.07, 6.45) is 1.74. The van der Waals surface area contributed by atoms with Crippen molar-refractivity contribution in [3.63, 3.8) is 0 Å². The van der Waals surface area contributed by atoms with E-state index >= 15 is 0 Å². The van der Waals surface area contributed by atoms with Gasteiger partial charge in [0.15, 0.2) is 0 Å². The largest absolute Gasteiger partial charge is 0.325 e. The van der Waals surface area contributed by atoms with Crippen LogP contribution in [0.15, 0.2) is 48.5 Å². The third kappa shape index (κ3) is 3.13. The average molecular weight is 388 g/mol. The van der Waals surface area contributed by atoms with Crippen molar-refractivity contribution in [1.82, 2.24) is 10.2 Å². The molecule has 1 N–H and O–H groups in total. The van der Waals surface area contributed by atoms with Crippen molar-refractivity contribution in [1.29, 1.82) is 5.26 Å². The maximum atomic E-state index is 13.1. The van der Waals surface area contributed by atoms with E-state index in [9.17, 15) is 14.4 Å². The van der Waals surface area contributed by atoms with Gasteiger partial charge in [-0.1, -0.05) is 30.3 Å². The van der Waals surface area contributed by atoms with Crippen LogP contribution < -0.4 is 10.2 Å². The number of nitrogens with one attached hydrogen (secondary N) is 1. The van der Waals surface area contributed by atoms with Crippen LogP contribution in [-0.2, 0) is 21.5 Å². The number of hydrogen-bond acceptors (Lipinski definition) is 4. The lowest BCUT2D eigenvalue weighted by Crippen LogP contribution is -2.46. The first-order valence-corrected chi connectivity index (χ1v) is 9.47. The molecular formula is C22H20N4O3. The number of nitrogens with zero attached hydrogens (tertiary/aromatic N) is 3. The Kier molecular flexibility index (Phi) is 4.55.